The van der Waals surface area contributed by atoms with Crippen molar-refractivity contribution in [3.8, 4) is 11.3 Å². The van der Waals surface area contributed by atoms with Crippen molar-refractivity contribution in [1.82, 2.24) is 9.97 Å². The van der Waals surface area contributed by atoms with Crippen LogP contribution in [0.25, 0.3) is 11.3 Å². The van der Waals surface area contributed by atoms with Gasteiger partial charge in [-0.25, -0.2) is 9.97 Å². The van der Waals surface area contributed by atoms with Gasteiger partial charge in [0.05, 0.1) is 5.69 Å². The SMILES string of the molecule is CNc1cc(-c2cccc(Br)c2)nc(C)n1. The summed E-state index contributed by atoms with van der Waals surface area (Å²) < 4.78 is 1.05. The lowest BCUT2D eigenvalue weighted by Crippen LogP contribution is -1.98. The van der Waals surface area contributed by atoms with Crippen molar-refractivity contribution >= 4 is 21.7 Å². The minimum atomic E-state index is 0.766. The number of benzene rings is 1. The Morgan fingerprint density at radius 1 is 1.19 bits per heavy atom. The molecule has 0 fully saturated rings. The minimum absolute atomic E-state index is 0.766. The van der Waals surface area contributed by atoms with Gasteiger partial charge in [-0.05, 0) is 19.1 Å². The molecule has 82 valence electrons. The maximum atomic E-state index is 4.42. The van der Waals surface area contributed by atoms with Gasteiger partial charge in [0.1, 0.15) is 11.6 Å². The second-order valence-electron chi connectivity index (χ2n) is 3.45. The van der Waals surface area contributed by atoms with Gasteiger partial charge in [0, 0.05) is 23.2 Å². The van der Waals surface area contributed by atoms with Crippen LogP contribution >= 0.6 is 15.9 Å². The molecule has 0 aliphatic carbocycles. The van der Waals surface area contributed by atoms with E-state index in [2.05, 4.69) is 31.2 Å². The quantitative estimate of drug-likeness (QED) is 0.916. The Hall–Kier alpha value is -1.42. The first kappa shape index (κ1) is 11.1. The van der Waals surface area contributed by atoms with Gasteiger partial charge in [-0.1, -0.05) is 28.1 Å². The third kappa shape index (κ3) is 2.39. The van der Waals surface area contributed by atoms with E-state index in [1.165, 1.54) is 0 Å². The van der Waals surface area contributed by atoms with E-state index in [0.717, 1.165) is 27.4 Å². The third-order valence-electron chi connectivity index (χ3n) is 2.21. The number of halogens is 1. The van der Waals surface area contributed by atoms with E-state index in [1.54, 1.807) is 0 Å². The summed E-state index contributed by atoms with van der Waals surface area (Å²) in [6.07, 6.45) is 0. The fraction of sp³-hybridized carbons (Fsp3) is 0.167. The molecular formula is C12H12BrN3. The molecule has 16 heavy (non-hydrogen) atoms. The lowest BCUT2D eigenvalue weighted by Gasteiger charge is -2.05. The number of nitrogens with zero attached hydrogens (tertiary/aromatic N) is 2. The molecule has 2 rings (SSSR count). The highest BCUT2D eigenvalue weighted by atomic mass is 79.9. The van der Waals surface area contributed by atoms with E-state index in [9.17, 15) is 0 Å². The van der Waals surface area contributed by atoms with E-state index in [-0.39, 0.29) is 0 Å². The van der Waals surface area contributed by atoms with Gasteiger partial charge >= 0.3 is 0 Å². The molecule has 0 unspecified atom stereocenters. The van der Waals surface area contributed by atoms with Gasteiger partial charge in [-0.2, -0.15) is 0 Å². The standard InChI is InChI=1S/C12H12BrN3/c1-8-15-11(7-12(14-2)16-8)9-4-3-5-10(13)6-9/h3-7H,1-2H3,(H,14,15,16). The first-order valence-electron chi connectivity index (χ1n) is 4.98. The molecular weight excluding hydrogens is 266 g/mol. The summed E-state index contributed by atoms with van der Waals surface area (Å²) >= 11 is 3.45. The molecule has 0 spiro atoms. The van der Waals surface area contributed by atoms with Crippen molar-refractivity contribution in [2.45, 2.75) is 6.92 Å². The predicted molar refractivity (Wildman–Crippen MR) is 69.5 cm³/mol. The summed E-state index contributed by atoms with van der Waals surface area (Å²) in [4.78, 5) is 8.69. The molecule has 0 aliphatic heterocycles. The summed E-state index contributed by atoms with van der Waals surface area (Å²) in [5, 5.41) is 3.03. The van der Waals surface area contributed by atoms with Crippen LogP contribution in [-0.4, -0.2) is 17.0 Å². The van der Waals surface area contributed by atoms with Gasteiger partial charge in [0.2, 0.25) is 0 Å². The van der Waals surface area contributed by atoms with Crippen LogP contribution in [-0.2, 0) is 0 Å². The molecule has 1 N–H and O–H groups in total. The van der Waals surface area contributed by atoms with Crippen LogP contribution < -0.4 is 5.32 Å². The van der Waals surface area contributed by atoms with Crippen LogP contribution in [0.4, 0.5) is 5.82 Å². The average Bonchev–Trinajstić information content (AvgIpc) is 2.28. The predicted octanol–water partition coefficient (Wildman–Crippen LogP) is 3.26. The van der Waals surface area contributed by atoms with Gasteiger partial charge in [-0.15, -0.1) is 0 Å². The van der Waals surface area contributed by atoms with Crippen LogP contribution in [0, 0.1) is 6.92 Å². The Balaban J connectivity index is 2.51. The fourth-order valence-electron chi connectivity index (χ4n) is 1.49. The molecule has 4 heteroatoms. The lowest BCUT2D eigenvalue weighted by atomic mass is 10.1. The van der Waals surface area contributed by atoms with Crippen LogP contribution in [0.1, 0.15) is 5.82 Å². The number of hydrogen-bond acceptors (Lipinski definition) is 3. The number of rotatable bonds is 2. The number of aromatic nitrogens is 2. The number of nitrogens with one attached hydrogen (secondary N) is 1. The molecule has 0 saturated carbocycles. The number of hydrogen-bond donors (Lipinski definition) is 1. The van der Waals surface area contributed by atoms with Crippen molar-refractivity contribution in [1.29, 1.82) is 0 Å². The van der Waals surface area contributed by atoms with Crippen molar-refractivity contribution in [2.24, 2.45) is 0 Å². The number of aryl methyl sites for hydroxylation is 1. The summed E-state index contributed by atoms with van der Waals surface area (Å²) in [5.74, 6) is 1.60. The Bertz CT molecular complexity index is 511. The Morgan fingerprint density at radius 2 is 2.00 bits per heavy atom. The Morgan fingerprint density at radius 3 is 2.69 bits per heavy atom. The second-order valence-corrected chi connectivity index (χ2v) is 4.36. The third-order valence-corrected chi connectivity index (χ3v) is 2.71. The fourth-order valence-corrected chi connectivity index (χ4v) is 1.89. The highest BCUT2D eigenvalue weighted by molar-refractivity contribution is 9.10. The molecule has 0 saturated heterocycles. The van der Waals surface area contributed by atoms with Crippen molar-refractivity contribution in [2.75, 3.05) is 12.4 Å². The largest absolute Gasteiger partial charge is 0.373 e. The molecule has 2 aromatic rings. The van der Waals surface area contributed by atoms with Crippen molar-refractivity contribution in [3.05, 3.63) is 40.6 Å². The van der Waals surface area contributed by atoms with Crippen LogP contribution in [0.5, 0.6) is 0 Å². The van der Waals surface area contributed by atoms with E-state index >= 15 is 0 Å². The normalized spacial score (nSPS) is 10.2. The molecule has 0 bridgehead atoms. The monoisotopic (exact) mass is 277 g/mol. The molecule has 0 amide bonds. The zero-order valence-corrected chi connectivity index (χ0v) is 10.7. The highest BCUT2D eigenvalue weighted by Gasteiger charge is 2.03. The van der Waals surface area contributed by atoms with Crippen molar-refractivity contribution < 1.29 is 0 Å². The molecule has 1 aromatic carbocycles. The van der Waals surface area contributed by atoms with Crippen LogP contribution in [0.2, 0.25) is 0 Å². The zero-order valence-electron chi connectivity index (χ0n) is 9.16. The Labute approximate surface area is 103 Å². The smallest absolute Gasteiger partial charge is 0.130 e. The van der Waals surface area contributed by atoms with Gasteiger partial charge < -0.3 is 5.32 Å². The highest BCUT2D eigenvalue weighted by Crippen LogP contribution is 2.22. The first-order valence-corrected chi connectivity index (χ1v) is 5.78. The first-order chi connectivity index (χ1) is 7.69. The molecule has 0 radical (unpaired) electrons. The minimum Gasteiger partial charge on any atom is -0.373 e. The van der Waals surface area contributed by atoms with E-state index in [4.69, 9.17) is 0 Å². The van der Waals surface area contributed by atoms with Crippen LogP contribution in [0.15, 0.2) is 34.8 Å². The van der Waals surface area contributed by atoms with Gasteiger partial charge in [0.15, 0.2) is 0 Å². The Kier molecular flexibility index (Phi) is 3.19. The summed E-state index contributed by atoms with van der Waals surface area (Å²) in [7, 11) is 1.85. The molecule has 1 aromatic heterocycles. The summed E-state index contributed by atoms with van der Waals surface area (Å²) in [6, 6.07) is 10.0. The maximum absolute atomic E-state index is 4.42. The van der Waals surface area contributed by atoms with Crippen LogP contribution in [0.3, 0.4) is 0 Å². The second kappa shape index (κ2) is 4.61. The van der Waals surface area contributed by atoms with E-state index < -0.39 is 0 Å². The maximum Gasteiger partial charge on any atom is 0.130 e. The van der Waals surface area contributed by atoms with E-state index in [1.807, 2.05) is 44.3 Å². The summed E-state index contributed by atoms with van der Waals surface area (Å²) in [6.45, 7) is 1.89. The number of anilines is 1. The van der Waals surface area contributed by atoms with Crippen molar-refractivity contribution in [3.63, 3.8) is 0 Å². The topological polar surface area (TPSA) is 37.8 Å². The molecule has 3 nitrogen and oxygen atoms in total. The molecule has 0 aliphatic rings. The average molecular weight is 278 g/mol. The molecule has 1 heterocycles. The lowest BCUT2D eigenvalue weighted by molar-refractivity contribution is 1.06. The summed E-state index contributed by atoms with van der Waals surface area (Å²) in [5.41, 5.74) is 2.01. The zero-order chi connectivity index (χ0) is 11.5. The van der Waals surface area contributed by atoms with Gasteiger partial charge in [0.25, 0.3) is 0 Å². The molecule has 0 atom stereocenters. The van der Waals surface area contributed by atoms with Gasteiger partial charge in [-0.3, -0.25) is 0 Å². The van der Waals surface area contributed by atoms with E-state index in [0.29, 0.717) is 0 Å².